The molecule has 0 bridgehead atoms. The maximum absolute atomic E-state index is 11.4. The number of nitrogens with zero attached hydrogens (tertiary/aromatic N) is 1. The summed E-state index contributed by atoms with van der Waals surface area (Å²) in [5, 5.41) is 0. The van der Waals surface area contributed by atoms with Crippen molar-refractivity contribution in [3.63, 3.8) is 0 Å². The number of rotatable bonds is 2. The van der Waals surface area contributed by atoms with E-state index in [1.807, 2.05) is 0 Å². The second kappa shape index (κ2) is 5.08. The molecule has 1 fully saturated rings. The Balaban J connectivity index is 2.86. The van der Waals surface area contributed by atoms with E-state index in [0.717, 1.165) is 4.31 Å². The van der Waals surface area contributed by atoms with Gasteiger partial charge in [0.1, 0.15) is 6.10 Å². The molecule has 0 saturated carbocycles. The average Bonchev–Trinajstić information content (AvgIpc) is 2.38. The van der Waals surface area contributed by atoms with E-state index in [0.29, 0.717) is 11.9 Å². The highest BCUT2D eigenvalue weighted by atomic mass is 35.6. The molecule has 1 rings (SSSR count). The molecule has 2 atom stereocenters. The third-order valence-electron chi connectivity index (χ3n) is 1.81. The largest absolute Gasteiger partial charge is 0.467 e. The van der Waals surface area contributed by atoms with Crippen LogP contribution in [0.2, 0.25) is 0 Å². The maximum atomic E-state index is 11.4. The van der Waals surface area contributed by atoms with Crippen LogP contribution in [0.4, 0.5) is 4.79 Å². The topological polar surface area (TPSA) is 55.8 Å². The molecule has 16 heavy (non-hydrogen) atoms. The number of hydrogen-bond acceptors (Lipinski definition) is 5. The number of carbonyl (C=O) groups excluding carboxylic acids is 2. The molecule has 1 aliphatic rings. The minimum Gasteiger partial charge on any atom is -0.467 e. The smallest absolute Gasteiger partial charge is 0.421 e. The van der Waals surface area contributed by atoms with Crippen LogP contribution in [-0.4, -0.2) is 38.7 Å². The molecule has 0 aromatic rings. The van der Waals surface area contributed by atoms with Crippen molar-refractivity contribution in [1.82, 2.24) is 4.31 Å². The highest BCUT2D eigenvalue weighted by molar-refractivity contribution is 8.03. The molecule has 1 saturated heterocycles. The standard InChI is InChI=1S/C7H8Cl3NO4S/c1-3-4(5(12)14-2)11(6(13)15-3)16-7(8,9)10/h3-4H,1-2H3. The van der Waals surface area contributed by atoms with E-state index in [4.69, 9.17) is 39.5 Å². The SMILES string of the molecule is COC(=O)C1C(C)OC(=O)N1SC(Cl)(Cl)Cl. The van der Waals surface area contributed by atoms with Crippen LogP contribution in [0.1, 0.15) is 6.92 Å². The van der Waals surface area contributed by atoms with Crippen LogP contribution in [0.5, 0.6) is 0 Å². The molecular weight excluding hydrogens is 301 g/mol. The van der Waals surface area contributed by atoms with E-state index in [1.54, 1.807) is 6.92 Å². The molecule has 9 heteroatoms. The normalized spacial score (nSPS) is 25.6. The number of hydrogen-bond donors (Lipinski definition) is 0. The van der Waals surface area contributed by atoms with Gasteiger partial charge in [0.05, 0.1) is 7.11 Å². The summed E-state index contributed by atoms with van der Waals surface area (Å²) in [5.74, 6) is -0.625. The number of amides is 1. The van der Waals surface area contributed by atoms with Gasteiger partial charge >= 0.3 is 12.1 Å². The number of cyclic esters (lactones) is 1. The molecule has 0 aliphatic carbocycles. The summed E-state index contributed by atoms with van der Waals surface area (Å²) < 4.78 is 8.59. The summed E-state index contributed by atoms with van der Waals surface area (Å²) in [6, 6.07) is -0.918. The van der Waals surface area contributed by atoms with Gasteiger partial charge in [-0.1, -0.05) is 34.8 Å². The molecule has 2 unspecified atom stereocenters. The fourth-order valence-electron chi connectivity index (χ4n) is 1.19. The lowest BCUT2D eigenvalue weighted by atomic mass is 10.2. The molecule has 5 nitrogen and oxygen atoms in total. The van der Waals surface area contributed by atoms with Crippen molar-refractivity contribution in [3.05, 3.63) is 0 Å². The van der Waals surface area contributed by atoms with Gasteiger partial charge in [-0.2, -0.15) is 0 Å². The first-order valence-corrected chi connectivity index (χ1v) is 6.00. The second-order valence-corrected chi connectivity index (χ2v) is 7.06. The fourth-order valence-corrected chi connectivity index (χ4v) is 2.57. The highest BCUT2D eigenvalue weighted by Gasteiger charge is 2.48. The summed E-state index contributed by atoms with van der Waals surface area (Å²) in [7, 11) is 1.20. The zero-order valence-corrected chi connectivity index (χ0v) is 11.4. The van der Waals surface area contributed by atoms with Gasteiger partial charge in [0.2, 0.25) is 0 Å². The molecule has 0 spiro atoms. The molecule has 1 aliphatic heterocycles. The van der Waals surface area contributed by atoms with Crippen molar-refractivity contribution in [2.75, 3.05) is 7.11 Å². The van der Waals surface area contributed by atoms with Gasteiger partial charge in [0.15, 0.2) is 6.04 Å². The van der Waals surface area contributed by atoms with Crippen LogP contribution in [0.25, 0.3) is 0 Å². The highest BCUT2D eigenvalue weighted by Crippen LogP contribution is 2.44. The zero-order valence-electron chi connectivity index (χ0n) is 8.28. The Morgan fingerprint density at radius 1 is 1.56 bits per heavy atom. The van der Waals surface area contributed by atoms with Crippen molar-refractivity contribution in [3.8, 4) is 0 Å². The number of ether oxygens (including phenoxy) is 2. The molecule has 0 radical (unpaired) electrons. The van der Waals surface area contributed by atoms with E-state index in [-0.39, 0.29) is 0 Å². The minimum atomic E-state index is -1.75. The first kappa shape index (κ1) is 14.0. The molecule has 1 amide bonds. The predicted molar refractivity (Wildman–Crippen MR) is 61.5 cm³/mol. The monoisotopic (exact) mass is 307 g/mol. The number of carbonyl (C=O) groups is 2. The van der Waals surface area contributed by atoms with Gasteiger partial charge in [0.25, 0.3) is 3.12 Å². The van der Waals surface area contributed by atoms with Crippen molar-refractivity contribution in [1.29, 1.82) is 0 Å². The average molecular weight is 309 g/mol. The van der Waals surface area contributed by atoms with Gasteiger partial charge in [-0.3, -0.25) is 0 Å². The maximum Gasteiger partial charge on any atom is 0.421 e. The third kappa shape index (κ3) is 3.23. The van der Waals surface area contributed by atoms with Crippen LogP contribution in [0, 0.1) is 0 Å². The van der Waals surface area contributed by atoms with Crippen molar-refractivity contribution in [2.45, 2.75) is 22.2 Å². The minimum absolute atomic E-state index is 0.582. The molecule has 0 N–H and O–H groups in total. The van der Waals surface area contributed by atoms with Gasteiger partial charge in [0, 0.05) is 11.9 Å². The Labute approximate surface area is 111 Å². The van der Waals surface area contributed by atoms with Crippen molar-refractivity contribution >= 4 is 58.8 Å². The summed E-state index contributed by atoms with van der Waals surface area (Å²) in [6.45, 7) is 1.55. The Morgan fingerprint density at radius 2 is 2.12 bits per heavy atom. The van der Waals surface area contributed by atoms with Crippen LogP contribution in [0.3, 0.4) is 0 Å². The molecule has 0 aromatic carbocycles. The van der Waals surface area contributed by atoms with E-state index in [2.05, 4.69) is 4.74 Å². The summed E-state index contributed by atoms with van der Waals surface area (Å²) in [4.78, 5) is 22.8. The Hall–Kier alpha value is -0.0400. The molecule has 0 aromatic heterocycles. The third-order valence-corrected chi connectivity index (χ3v) is 3.21. The number of halogens is 3. The molecule has 92 valence electrons. The first-order chi connectivity index (χ1) is 7.26. The van der Waals surface area contributed by atoms with Crippen LogP contribution < -0.4 is 0 Å². The summed E-state index contributed by atoms with van der Waals surface area (Å²) in [5.41, 5.74) is 0. The Kier molecular flexibility index (Phi) is 4.45. The number of alkyl halides is 3. The van der Waals surface area contributed by atoms with Crippen LogP contribution in [0.15, 0.2) is 0 Å². The van der Waals surface area contributed by atoms with Crippen LogP contribution in [-0.2, 0) is 14.3 Å². The predicted octanol–water partition coefficient (Wildman–Crippen LogP) is 2.34. The lowest BCUT2D eigenvalue weighted by Gasteiger charge is -2.22. The van der Waals surface area contributed by atoms with Crippen molar-refractivity contribution in [2.24, 2.45) is 0 Å². The first-order valence-electron chi connectivity index (χ1n) is 4.10. The van der Waals surface area contributed by atoms with Crippen molar-refractivity contribution < 1.29 is 19.1 Å². The van der Waals surface area contributed by atoms with Gasteiger partial charge < -0.3 is 9.47 Å². The summed E-state index contributed by atoms with van der Waals surface area (Å²) >= 11 is 17.2. The zero-order chi connectivity index (χ0) is 12.5. The quantitative estimate of drug-likeness (QED) is 0.445. The lowest BCUT2D eigenvalue weighted by molar-refractivity contribution is -0.145. The van der Waals surface area contributed by atoms with Gasteiger partial charge in [-0.15, -0.1) is 0 Å². The van der Waals surface area contributed by atoms with E-state index in [1.165, 1.54) is 7.11 Å². The second-order valence-electron chi connectivity index (χ2n) is 2.92. The Morgan fingerprint density at radius 3 is 2.56 bits per heavy atom. The van der Waals surface area contributed by atoms with Crippen LogP contribution >= 0.6 is 46.8 Å². The van der Waals surface area contributed by atoms with E-state index < -0.39 is 27.3 Å². The van der Waals surface area contributed by atoms with Gasteiger partial charge in [-0.05, 0) is 6.92 Å². The van der Waals surface area contributed by atoms with E-state index >= 15 is 0 Å². The summed E-state index contributed by atoms with van der Waals surface area (Å²) in [6.07, 6.45) is -1.39. The van der Waals surface area contributed by atoms with E-state index in [9.17, 15) is 9.59 Å². The molecule has 1 heterocycles. The lowest BCUT2D eigenvalue weighted by Crippen LogP contribution is -2.40. The Bertz CT molecular complexity index is 308. The number of methoxy groups -OCH3 is 1. The van der Waals surface area contributed by atoms with Gasteiger partial charge in [-0.25, -0.2) is 13.9 Å². The molecular formula is C7H8Cl3NO4S. The fraction of sp³-hybridized carbons (Fsp3) is 0.714. The number of esters is 1.